The van der Waals surface area contributed by atoms with E-state index < -0.39 is 0 Å². The molecule has 30 heavy (non-hydrogen) atoms. The monoisotopic (exact) mass is 397 g/mol. The van der Waals surface area contributed by atoms with Gasteiger partial charge in [0.15, 0.2) is 5.75 Å². The van der Waals surface area contributed by atoms with Gasteiger partial charge in [-0.3, -0.25) is 9.78 Å². The Morgan fingerprint density at radius 2 is 1.63 bits per heavy atom. The van der Waals surface area contributed by atoms with Gasteiger partial charge in [-0.1, -0.05) is 36.4 Å². The highest BCUT2D eigenvalue weighted by Gasteiger charge is 2.09. The zero-order valence-electron chi connectivity index (χ0n) is 16.0. The van der Waals surface area contributed by atoms with Crippen molar-refractivity contribution in [2.75, 3.05) is 5.32 Å². The molecule has 0 spiro atoms. The largest absolute Gasteiger partial charge is 0.455 e. The molecule has 4 aromatic rings. The number of carbonyl (C=O) groups excluding carboxylic acids is 1. The fourth-order valence-corrected chi connectivity index (χ4v) is 2.69. The highest BCUT2D eigenvalue weighted by Crippen LogP contribution is 2.30. The fourth-order valence-electron chi connectivity index (χ4n) is 2.69. The number of nitrogens with one attached hydrogen (secondary N) is 2. The van der Waals surface area contributed by atoms with Gasteiger partial charge in [-0.2, -0.15) is 0 Å². The number of pyridine rings is 1. The summed E-state index contributed by atoms with van der Waals surface area (Å²) >= 11 is 0. The topological polar surface area (TPSA) is 89.0 Å². The number of aromatic nitrogens is 3. The third-order valence-electron chi connectivity index (χ3n) is 4.19. The molecule has 0 unspecified atom stereocenters. The van der Waals surface area contributed by atoms with E-state index in [2.05, 4.69) is 25.6 Å². The number of ether oxygens (including phenoxy) is 1. The van der Waals surface area contributed by atoms with E-state index in [0.717, 1.165) is 17.0 Å². The van der Waals surface area contributed by atoms with Crippen LogP contribution in [0.15, 0.2) is 91.5 Å². The highest BCUT2D eigenvalue weighted by molar-refractivity contribution is 5.93. The van der Waals surface area contributed by atoms with Gasteiger partial charge in [0.25, 0.3) is 5.91 Å². The first-order valence-electron chi connectivity index (χ1n) is 9.36. The quantitative estimate of drug-likeness (QED) is 0.482. The van der Waals surface area contributed by atoms with Gasteiger partial charge in [-0.05, 0) is 35.9 Å². The van der Waals surface area contributed by atoms with Crippen molar-refractivity contribution in [1.29, 1.82) is 0 Å². The number of amides is 1. The summed E-state index contributed by atoms with van der Waals surface area (Å²) in [6.45, 7) is 0.386. The summed E-state index contributed by atoms with van der Waals surface area (Å²) in [5.74, 6) is 1.49. The molecule has 0 atom stereocenters. The van der Waals surface area contributed by atoms with Crippen molar-refractivity contribution in [3.05, 3.63) is 103 Å². The van der Waals surface area contributed by atoms with Crippen LogP contribution in [0.5, 0.6) is 11.5 Å². The molecule has 0 fully saturated rings. The lowest BCUT2D eigenvalue weighted by atomic mass is 10.2. The van der Waals surface area contributed by atoms with Crippen LogP contribution in [0, 0.1) is 0 Å². The molecule has 4 rings (SSSR count). The number of anilines is 2. The van der Waals surface area contributed by atoms with E-state index in [-0.39, 0.29) is 5.91 Å². The first kappa shape index (κ1) is 19.1. The molecule has 2 heterocycles. The number of benzene rings is 2. The predicted molar refractivity (Wildman–Crippen MR) is 114 cm³/mol. The Balaban J connectivity index is 1.41. The second kappa shape index (κ2) is 9.29. The van der Waals surface area contributed by atoms with Crippen LogP contribution >= 0.6 is 0 Å². The first-order valence-corrected chi connectivity index (χ1v) is 9.36. The van der Waals surface area contributed by atoms with Crippen LogP contribution in [0.4, 0.5) is 11.6 Å². The molecule has 0 bridgehead atoms. The lowest BCUT2D eigenvalue weighted by molar-refractivity contribution is 0.0950. The molecule has 0 aliphatic heterocycles. The van der Waals surface area contributed by atoms with Crippen molar-refractivity contribution in [1.82, 2.24) is 20.3 Å². The van der Waals surface area contributed by atoms with Crippen LogP contribution < -0.4 is 15.4 Å². The molecule has 7 nitrogen and oxygen atoms in total. The SMILES string of the molecule is O=C(NCc1cccnc1)c1cnc(Nc2ccccc2Oc2ccccc2)nc1. The molecular formula is C23H19N5O2. The Labute approximate surface area is 173 Å². The molecule has 0 saturated carbocycles. The zero-order valence-corrected chi connectivity index (χ0v) is 16.0. The number of hydrogen-bond acceptors (Lipinski definition) is 6. The van der Waals surface area contributed by atoms with Crippen molar-refractivity contribution in [2.24, 2.45) is 0 Å². The summed E-state index contributed by atoms with van der Waals surface area (Å²) in [5, 5.41) is 5.95. The maximum absolute atomic E-state index is 12.3. The summed E-state index contributed by atoms with van der Waals surface area (Å²) in [4.78, 5) is 24.8. The van der Waals surface area contributed by atoms with E-state index in [0.29, 0.717) is 23.8 Å². The standard InChI is InChI=1S/C23H19N5O2/c29-22(25-14-17-7-6-12-24-13-17)18-15-26-23(27-16-18)28-20-10-4-5-11-21(20)30-19-8-2-1-3-9-19/h1-13,15-16H,14H2,(H,25,29)(H,26,27,28). The average Bonchev–Trinajstić information content (AvgIpc) is 2.81. The van der Waals surface area contributed by atoms with Gasteiger partial charge in [0.2, 0.25) is 5.95 Å². The van der Waals surface area contributed by atoms with Crippen LogP contribution in [-0.4, -0.2) is 20.9 Å². The van der Waals surface area contributed by atoms with Crippen LogP contribution in [0.1, 0.15) is 15.9 Å². The maximum atomic E-state index is 12.3. The summed E-state index contributed by atoms with van der Waals surface area (Å²) in [7, 11) is 0. The summed E-state index contributed by atoms with van der Waals surface area (Å²) < 4.78 is 5.93. The minimum Gasteiger partial charge on any atom is -0.455 e. The second-order valence-corrected chi connectivity index (χ2v) is 6.38. The minimum atomic E-state index is -0.252. The average molecular weight is 397 g/mol. The third kappa shape index (κ3) is 4.96. The maximum Gasteiger partial charge on any atom is 0.254 e. The second-order valence-electron chi connectivity index (χ2n) is 6.38. The summed E-state index contributed by atoms with van der Waals surface area (Å²) in [5.41, 5.74) is 2.01. The van der Waals surface area contributed by atoms with E-state index in [4.69, 9.17) is 4.74 Å². The molecule has 2 aromatic carbocycles. The van der Waals surface area contributed by atoms with Gasteiger partial charge >= 0.3 is 0 Å². The van der Waals surface area contributed by atoms with Crippen molar-refractivity contribution < 1.29 is 9.53 Å². The van der Waals surface area contributed by atoms with Gasteiger partial charge in [-0.25, -0.2) is 9.97 Å². The van der Waals surface area contributed by atoms with Gasteiger partial charge in [0.1, 0.15) is 5.75 Å². The Hall–Kier alpha value is -4.26. The van der Waals surface area contributed by atoms with Gasteiger partial charge in [0, 0.05) is 31.3 Å². The predicted octanol–water partition coefficient (Wildman–Crippen LogP) is 4.34. The Morgan fingerprint density at radius 3 is 2.40 bits per heavy atom. The lowest BCUT2D eigenvalue weighted by Crippen LogP contribution is -2.23. The van der Waals surface area contributed by atoms with E-state index in [1.165, 1.54) is 12.4 Å². The first-order chi connectivity index (χ1) is 14.8. The number of carbonyl (C=O) groups is 1. The minimum absolute atomic E-state index is 0.252. The molecular weight excluding hydrogens is 378 g/mol. The molecule has 0 aliphatic rings. The van der Waals surface area contributed by atoms with Crippen molar-refractivity contribution in [3.8, 4) is 11.5 Å². The molecule has 1 amide bonds. The number of rotatable bonds is 7. The highest BCUT2D eigenvalue weighted by atomic mass is 16.5. The van der Waals surface area contributed by atoms with Crippen LogP contribution in [0.2, 0.25) is 0 Å². The summed E-state index contributed by atoms with van der Waals surface area (Å²) in [6.07, 6.45) is 6.36. The van der Waals surface area contributed by atoms with E-state index in [1.54, 1.807) is 12.4 Å². The molecule has 0 saturated heterocycles. The van der Waals surface area contributed by atoms with Crippen LogP contribution in [0.25, 0.3) is 0 Å². The van der Waals surface area contributed by atoms with Crippen molar-refractivity contribution in [2.45, 2.75) is 6.54 Å². The Morgan fingerprint density at radius 1 is 0.867 bits per heavy atom. The Bertz CT molecular complexity index is 1100. The van der Waals surface area contributed by atoms with Crippen molar-refractivity contribution >= 4 is 17.5 Å². The smallest absolute Gasteiger partial charge is 0.254 e. The molecule has 0 aliphatic carbocycles. The van der Waals surface area contributed by atoms with E-state index in [1.807, 2.05) is 66.7 Å². The normalized spacial score (nSPS) is 10.3. The van der Waals surface area contributed by atoms with Gasteiger partial charge in [0.05, 0.1) is 11.3 Å². The number of hydrogen-bond donors (Lipinski definition) is 2. The lowest BCUT2D eigenvalue weighted by Gasteiger charge is -2.12. The number of nitrogens with zero attached hydrogens (tertiary/aromatic N) is 3. The van der Waals surface area contributed by atoms with Crippen molar-refractivity contribution in [3.63, 3.8) is 0 Å². The number of para-hydroxylation sites is 3. The Kier molecular flexibility index (Phi) is 5.91. The van der Waals surface area contributed by atoms with Crippen LogP contribution in [0.3, 0.4) is 0 Å². The van der Waals surface area contributed by atoms with E-state index >= 15 is 0 Å². The van der Waals surface area contributed by atoms with Gasteiger partial charge in [-0.15, -0.1) is 0 Å². The van der Waals surface area contributed by atoms with Crippen LogP contribution in [-0.2, 0) is 6.54 Å². The molecule has 2 aromatic heterocycles. The van der Waals surface area contributed by atoms with Gasteiger partial charge < -0.3 is 15.4 Å². The third-order valence-corrected chi connectivity index (χ3v) is 4.19. The summed E-state index contributed by atoms with van der Waals surface area (Å²) in [6, 6.07) is 20.7. The zero-order chi connectivity index (χ0) is 20.6. The molecule has 7 heteroatoms. The van der Waals surface area contributed by atoms with E-state index in [9.17, 15) is 4.79 Å². The molecule has 148 valence electrons. The molecule has 2 N–H and O–H groups in total. The molecule has 0 radical (unpaired) electrons. The fraction of sp³-hybridized carbons (Fsp3) is 0.0435.